The van der Waals surface area contributed by atoms with Crippen LogP contribution in [-0.4, -0.2) is 50.6 Å². The Morgan fingerprint density at radius 3 is 3.06 bits per heavy atom. The van der Waals surface area contributed by atoms with Gasteiger partial charge in [-0.15, -0.1) is 5.10 Å². The van der Waals surface area contributed by atoms with Gasteiger partial charge in [0.1, 0.15) is 0 Å². The highest BCUT2D eigenvalue weighted by Gasteiger charge is 2.24. The molecule has 0 aromatic carbocycles. The molecular weight excluding hydrogens is 240 g/mol. The van der Waals surface area contributed by atoms with E-state index < -0.39 is 0 Å². The summed E-state index contributed by atoms with van der Waals surface area (Å²) in [5.74, 6) is 3.81. The second kappa shape index (κ2) is 5.93. The van der Waals surface area contributed by atoms with Gasteiger partial charge in [-0.2, -0.15) is 23.5 Å². The Morgan fingerprint density at radius 2 is 2.50 bits per heavy atom. The lowest BCUT2D eigenvalue weighted by atomic mass is 10.1. The lowest BCUT2D eigenvalue weighted by molar-refractivity contribution is 0.550. The highest BCUT2D eigenvalue weighted by Crippen LogP contribution is 2.27. The largest absolute Gasteiger partial charge is 0.315 e. The van der Waals surface area contributed by atoms with Crippen LogP contribution in [0.25, 0.3) is 0 Å². The predicted molar refractivity (Wildman–Crippen MR) is 71.1 cm³/mol. The van der Waals surface area contributed by atoms with Gasteiger partial charge in [-0.25, -0.2) is 0 Å². The van der Waals surface area contributed by atoms with Gasteiger partial charge in [0, 0.05) is 48.2 Å². The lowest BCUT2D eigenvalue weighted by Crippen LogP contribution is -2.40. The van der Waals surface area contributed by atoms with E-state index in [4.69, 9.17) is 0 Å². The molecule has 0 saturated carbocycles. The molecule has 1 aliphatic heterocycles. The van der Waals surface area contributed by atoms with E-state index in [1.54, 1.807) is 4.68 Å². The SMILES string of the molecule is CNC(Cc1cn(C)nn1)C1CSCCS1. The quantitative estimate of drug-likeness (QED) is 0.865. The molecule has 2 atom stereocenters. The second-order valence-electron chi connectivity index (χ2n) is 3.97. The molecule has 2 rings (SSSR count). The number of rotatable bonds is 4. The number of aromatic nitrogens is 3. The molecule has 6 heteroatoms. The molecule has 0 amide bonds. The lowest BCUT2D eigenvalue weighted by Gasteiger charge is -2.28. The minimum atomic E-state index is 0.509. The Morgan fingerprint density at radius 1 is 1.62 bits per heavy atom. The summed E-state index contributed by atoms with van der Waals surface area (Å²) in [6.07, 6.45) is 2.98. The number of aryl methyl sites for hydroxylation is 1. The van der Waals surface area contributed by atoms with Gasteiger partial charge in [0.15, 0.2) is 0 Å². The third kappa shape index (κ3) is 3.15. The van der Waals surface area contributed by atoms with Crippen LogP contribution in [0.2, 0.25) is 0 Å². The van der Waals surface area contributed by atoms with Crippen molar-refractivity contribution in [3.63, 3.8) is 0 Å². The van der Waals surface area contributed by atoms with Crippen LogP contribution in [0, 0.1) is 0 Å². The Kier molecular flexibility index (Phi) is 4.55. The van der Waals surface area contributed by atoms with Crippen molar-refractivity contribution in [2.24, 2.45) is 7.05 Å². The number of nitrogens with zero attached hydrogens (tertiary/aromatic N) is 3. The van der Waals surface area contributed by atoms with Crippen molar-refractivity contribution in [3.8, 4) is 0 Å². The number of likely N-dealkylation sites (N-methyl/N-ethyl adjacent to an activating group) is 1. The summed E-state index contributed by atoms with van der Waals surface area (Å²) < 4.78 is 1.77. The molecule has 1 fully saturated rings. The molecule has 1 aliphatic rings. The van der Waals surface area contributed by atoms with Gasteiger partial charge in [0.25, 0.3) is 0 Å². The summed E-state index contributed by atoms with van der Waals surface area (Å²) in [5, 5.41) is 12.2. The minimum absolute atomic E-state index is 0.509. The van der Waals surface area contributed by atoms with E-state index in [0.29, 0.717) is 11.3 Å². The Bertz CT molecular complexity index is 322. The smallest absolute Gasteiger partial charge is 0.0842 e. The van der Waals surface area contributed by atoms with Crippen molar-refractivity contribution >= 4 is 23.5 Å². The minimum Gasteiger partial charge on any atom is -0.315 e. The zero-order valence-corrected chi connectivity index (χ0v) is 11.4. The van der Waals surface area contributed by atoms with Crippen molar-refractivity contribution in [1.29, 1.82) is 0 Å². The molecule has 90 valence electrons. The monoisotopic (exact) mass is 258 g/mol. The van der Waals surface area contributed by atoms with Crippen LogP contribution in [0.1, 0.15) is 5.69 Å². The topological polar surface area (TPSA) is 42.7 Å². The first kappa shape index (κ1) is 12.3. The summed E-state index contributed by atoms with van der Waals surface area (Å²) in [7, 11) is 3.96. The number of thioether (sulfide) groups is 2. The number of hydrogen-bond acceptors (Lipinski definition) is 5. The molecule has 1 aromatic rings. The fourth-order valence-electron chi connectivity index (χ4n) is 1.87. The van der Waals surface area contributed by atoms with Crippen molar-refractivity contribution in [2.45, 2.75) is 17.7 Å². The van der Waals surface area contributed by atoms with Gasteiger partial charge in [0.05, 0.1) is 5.69 Å². The molecule has 4 nitrogen and oxygen atoms in total. The third-order valence-electron chi connectivity index (χ3n) is 2.74. The van der Waals surface area contributed by atoms with E-state index >= 15 is 0 Å². The zero-order chi connectivity index (χ0) is 11.4. The van der Waals surface area contributed by atoms with Crippen LogP contribution in [0.4, 0.5) is 0 Å². The molecule has 2 unspecified atom stereocenters. The third-order valence-corrected chi connectivity index (χ3v) is 5.66. The van der Waals surface area contributed by atoms with Crippen LogP contribution in [-0.2, 0) is 13.5 Å². The van der Waals surface area contributed by atoms with Crippen molar-refractivity contribution in [2.75, 3.05) is 24.3 Å². The molecule has 0 aliphatic carbocycles. The molecule has 1 aromatic heterocycles. The van der Waals surface area contributed by atoms with E-state index in [1.165, 1.54) is 17.3 Å². The van der Waals surface area contributed by atoms with Crippen LogP contribution in [0.15, 0.2) is 6.20 Å². The average Bonchev–Trinajstić information content (AvgIpc) is 2.73. The average molecular weight is 258 g/mol. The summed E-state index contributed by atoms with van der Waals surface area (Å²) in [6, 6.07) is 0.509. The molecule has 1 N–H and O–H groups in total. The van der Waals surface area contributed by atoms with Crippen LogP contribution >= 0.6 is 23.5 Å². The second-order valence-corrected chi connectivity index (χ2v) is 6.46. The number of nitrogens with one attached hydrogen (secondary N) is 1. The molecule has 0 bridgehead atoms. The van der Waals surface area contributed by atoms with Crippen molar-refractivity contribution in [1.82, 2.24) is 20.3 Å². The fraction of sp³-hybridized carbons (Fsp3) is 0.800. The van der Waals surface area contributed by atoms with E-state index in [1.807, 2.05) is 20.3 Å². The first-order valence-corrected chi connectivity index (χ1v) is 7.71. The predicted octanol–water partition coefficient (Wildman–Crippen LogP) is 0.794. The van der Waals surface area contributed by atoms with Crippen molar-refractivity contribution in [3.05, 3.63) is 11.9 Å². The summed E-state index contributed by atoms with van der Waals surface area (Å²) >= 11 is 4.14. The molecule has 1 saturated heterocycles. The van der Waals surface area contributed by atoms with Gasteiger partial charge < -0.3 is 5.32 Å². The Hall–Kier alpha value is -0.200. The van der Waals surface area contributed by atoms with E-state index in [2.05, 4.69) is 39.2 Å². The number of hydrogen-bond donors (Lipinski definition) is 1. The molecule has 0 radical (unpaired) electrons. The maximum atomic E-state index is 4.16. The molecule has 2 heterocycles. The van der Waals surface area contributed by atoms with E-state index in [0.717, 1.165) is 12.1 Å². The normalized spacial score (nSPS) is 23.2. The Balaban J connectivity index is 1.94. The summed E-state index contributed by atoms with van der Waals surface area (Å²) in [5.41, 5.74) is 1.08. The fourth-order valence-corrected chi connectivity index (χ4v) is 4.80. The van der Waals surface area contributed by atoms with Crippen molar-refractivity contribution < 1.29 is 0 Å². The van der Waals surface area contributed by atoms with E-state index in [-0.39, 0.29) is 0 Å². The van der Waals surface area contributed by atoms with E-state index in [9.17, 15) is 0 Å². The first-order valence-electron chi connectivity index (χ1n) is 5.51. The standard InChI is InChI=1S/C10H18N4S2/c1-11-9(10-7-15-3-4-16-10)5-8-6-14(2)13-12-8/h6,9-11H,3-5,7H2,1-2H3. The molecule has 0 spiro atoms. The van der Waals surface area contributed by atoms with Crippen LogP contribution < -0.4 is 5.32 Å². The van der Waals surface area contributed by atoms with Gasteiger partial charge in [-0.05, 0) is 7.05 Å². The van der Waals surface area contributed by atoms with Crippen LogP contribution in [0.3, 0.4) is 0 Å². The first-order chi connectivity index (χ1) is 7.79. The summed E-state index contributed by atoms with van der Waals surface area (Å²) in [4.78, 5) is 0. The van der Waals surface area contributed by atoms with Crippen LogP contribution in [0.5, 0.6) is 0 Å². The maximum absolute atomic E-state index is 4.16. The highest BCUT2D eigenvalue weighted by molar-refractivity contribution is 8.06. The van der Waals surface area contributed by atoms with Gasteiger partial charge in [-0.3, -0.25) is 4.68 Å². The summed E-state index contributed by atoms with van der Waals surface area (Å²) in [6.45, 7) is 0. The van der Waals surface area contributed by atoms with Gasteiger partial charge in [-0.1, -0.05) is 5.21 Å². The zero-order valence-electron chi connectivity index (χ0n) is 9.72. The molecular formula is C10H18N4S2. The van der Waals surface area contributed by atoms with Gasteiger partial charge in [0.2, 0.25) is 0 Å². The molecule has 16 heavy (non-hydrogen) atoms. The highest BCUT2D eigenvalue weighted by atomic mass is 32.2. The van der Waals surface area contributed by atoms with Gasteiger partial charge >= 0.3 is 0 Å². The maximum Gasteiger partial charge on any atom is 0.0842 e. The Labute approximate surface area is 105 Å².